The molecular weight excluding hydrogens is 230 g/mol. The highest BCUT2D eigenvalue weighted by atomic mass is 16.3. The summed E-state index contributed by atoms with van der Waals surface area (Å²) >= 11 is 0. The third kappa shape index (κ3) is 3.72. The Morgan fingerprint density at radius 1 is 1.44 bits per heavy atom. The first-order chi connectivity index (χ1) is 8.63. The van der Waals surface area contributed by atoms with Gasteiger partial charge in [0, 0.05) is 37.4 Å². The minimum atomic E-state index is -0.231. The van der Waals surface area contributed by atoms with Crippen molar-refractivity contribution in [2.24, 2.45) is 0 Å². The number of rotatable bonds is 4. The molecule has 1 unspecified atom stereocenters. The van der Waals surface area contributed by atoms with E-state index in [1.54, 1.807) is 24.3 Å². The van der Waals surface area contributed by atoms with Gasteiger partial charge in [-0.1, -0.05) is 0 Å². The summed E-state index contributed by atoms with van der Waals surface area (Å²) in [6.07, 6.45) is 1.02. The lowest BCUT2D eigenvalue weighted by molar-refractivity contribution is -0.116. The third-order valence-corrected chi connectivity index (χ3v) is 3.10. The Kier molecular flexibility index (Phi) is 4.17. The zero-order chi connectivity index (χ0) is 13.0. The number of carbonyl (C=O) groups is 1. The van der Waals surface area contributed by atoms with E-state index in [9.17, 15) is 9.90 Å². The van der Waals surface area contributed by atoms with Crippen LogP contribution >= 0.6 is 0 Å². The van der Waals surface area contributed by atoms with Crippen molar-refractivity contribution in [3.8, 4) is 0 Å². The van der Waals surface area contributed by atoms with Gasteiger partial charge >= 0.3 is 0 Å². The molecule has 1 heterocycles. The predicted octanol–water partition coefficient (Wildman–Crippen LogP) is 0.664. The number of carbonyl (C=O) groups excluding carboxylic acids is 1. The molecule has 5 nitrogen and oxygen atoms in total. The second-order valence-corrected chi connectivity index (χ2v) is 4.66. The van der Waals surface area contributed by atoms with Gasteiger partial charge in [-0.25, -0.2) is 0 Å². The van der Waals surface area contributed by atoms with Gasteiger partial charge in [-0.3, -0.25) is 4.79 Å². The number of aliphatic hydroxyl groups is 1. The summed E-state index contributed by atoms with van der Waals surface area (Å²) < 4.78 is 0. The SMILES string of the molecule is Nc1ccc(NC(=O)CCN2CCC(O)C2)cc1. The van der Waals surface area contributed by atoms with Gasteiger partial charge in [-0.2, -0.15) is 0 Å². The van der Waals surface area contributed by atoms with Gasteiger partial charge in [-0.15, -0.1) is 0 Å². The minimum Gasteiger partial charge on any atom is -0.399 e. The smallest absolute Gasteiger partial charge is 0.225 e. The summed E-state index contributed by atoms with van der Waals surface area (Å²) in [7, 11) is 0. The monoisotopic (exact) mass is 249 g/mol. The van der Waals surface area contributed by atoms with Crippen LogP contribution in [0.3, 0.4) is 0 Å². The van der Waals surface area contributed by atoms with Crippen LogP contribution in [0.4, 0.5) is 11.4 Å². The van der Waals surface area contributed by atoms with Gasteiger partial charge in [0.25, 0.3) is 0 Å². The fourth-order valence-corrected chi connectivity index (χ4v) is 2.06. The van der Waals surface area contributed by atoms with Crippen molar-refractivity contribution < 1.29 is 9.90 Å². The number of anilines is 2. The molecule has 4 N–H and O–H groups in total. The van der Waals surface area contributed by atoms with E-state index < -0.39 is 0 Å². The summed E-state index contributed by atoms with van der Waals surface area (Å²) in [5.41, 5.74) is 7.01. The summed E-state index contributed by atoms with van der Waals surface area (Å²) in [5, 5.41) is 12.2. The van der Waals surface area contributed by atoms with Gasteiger partial charge in [0.2, 0.25) is 5.91 Å². The van der Waals surface area contributed by atoms with Crippen LogP contribution < -0.4 is 11.1 Å². The Morgan fingerprint density at radius 2 is 2.17 bits per heavy atom. The highest BCUT2D eigenvalue weighted by molar-refractivity contribution is 5.90. The Balaban J connectivity index is 1.73. The normalized spacial score (nSPS) is 19.9. The van der Waals surface area contributed by atoms with Gasteiger partial charge in [-0.05, 0) is 30.7 Å². The Morgan fingerprint density at radius 3 is 2.78 bits per heavy atom. The highest BCUT2D eigenvalue weighted by Gasteiger charge is 2.20. The number of benzene rings is 1. The standard InChI is InChI=1S/C13H19N3O2/c14-10-1-3-11(4-2-10)15-13(18)6-8-16-7-5-12(17)9-16/h1-4,12,17H,5-9,14H2,(H,15,18). The zero-order valence-corrected chi connectivity index (χ0v) is 10.3. The fraction of sp³-hybridized carbons (Fsp3) is 0.462. The van der Waals surface area contributed by atoms with Crippen molar-refractivity contribution in [3.63, 3.8) is 0 Å². The maximum Gasteiger partial charge on any atom is 0.225 e. The van der Waals surface area contributed by atoms with Crippen LogP contribution in [0.25, 0.3) is 0 Å². The van der Waals surface area contributed by atoms with Crippen LogP contribution in [0.5, 0.6) is 0 Å². The van der Waals surface area contributed by atoms with Crippen molar-refractivity contribution in [1.29, 1.82) is 0 Å². The van der Waals surface area contributed by atoms with Crippen LogP contribution in [-0.4, -0.2) is 41.7 Å². The van der Waals surface area contributed by atoms with Crippen molar-refractivity contribution in [2.45, 2.75) is 18.9 Å². The molecule has 18 heavy (non-hydrogen) atoms. The van der Waals surface area contributed by atoms with Gasteiger partial charge in [0.1, 0.15) is 0 Å². The molecular formula is C13H19N3O2. The molecule has 0 spiro atoms. The molecule has 1 aliphatic rings. The van der Waals surface area contributed by atoms with Crippen molar-refractivity contribution in [3.05, 3.63) is 24.3 Å². The lowest BCUT2D eigenvalue weighted by Crippen LogP contribution is -2.26. The van der Waals surface area contributed by atoms with E-state index in [-0.39, 0.29) is 12.0 Å². The van der Waals surface area contributed by atoms with Crippen molar-refractivity contribution in [2.75, 3.05) is 30.7 Å². The van der Waals surface area contributed by atoms with E-state index >= 15 is 0 Å². The Hall–Kier alpha value is -1.59. The molecule has 0 aromatic heterocycles. The van der Waals surface area contributed by atoms with Crippen LogP contribution in [0.15, 0.2) is 24.3 Å². The van der Waals surface area contributed by atoms with Gasteiger partial charge < -0.3 is 21.1 Å². The molecule has 1 amide bonds. The molecule has 0 radical (unpaired) electrons. The number of nitrogens with two attached hydrogens (primary N) is 1. The van der Waals surface area contributed by atoms with Crippen LogP contribution in [-0.2, 0) is 4.79 Å². The number of nitrogen functional groups attached to an aromatic ring is 1. The number of β-amino-alcohol motifs (C(OH)–C–C–N with tert-alkyl or cyclic N) is 1. The fourth-order valence-electron chi connectivity index (χ4n) is 2.06. The molecule has 1 aromatic carbocycles. The lowest BCUT2D eigenvalue weighted by Gasteiger charge is -2.14. The number of nitrogens with zero attached hydrogens (tertiary/aromatic N) is 1. The van der Waals surface area contributed by atoms with E-state index in [0.29, 0.717) is 25.2 Å². The van der Waals surface area contributed by atoms with E-state index in [4.69, 9.17) is 5.73 Å². The number of likely N-dealkylation sites (tertiary alicyclic amines) is 1. The largest absolute Gasteiger partial charge is 0.399 e. The number of nitrogens with one attached hydrogen (secondary N) is 1. The molecule has 1 aliphatic heterocycles. The molecule has 0 saturated carbocycles. The molecule has 2 rings (SSSR count). The maximum atomic E-state index is 11.7. The Bertz CT molecular complexity index is 405. The second kappa shape index (κ2) is 5.84. The molecule has 98 valence electrons. The molecule has 1 fully saturated rings. The predicted molar refractivity (Wildman–Crippen MR) is 71.2 cm³/mol. The first-order valence-electron chi connectivity index (χ1n) is 6.19. The second-order valence-electron chi connectivity index (χ2n) is 4.66. The highest BCUT2D eigenvalue weighted by Crippen LogP contribution is 2.12. The summed E-state index contributed by atoms with van der Waals surface area (Å²) in [6, 6.07) is 7.08. The van der Waals surface area contributed by atoms with Crippen molar-refractivity contribution >= 4 is 17.3 Å². The summed E-state index contributed by atoms with van der Waals surface area (Å²) in [4.78, 5) is 13.8. The van der Waals surface area contributed by atoms with Gasteiger partial charge in [0.05, 0.1) is 6.10 Å². The number of aliphatic hydroxyl groups excluding tert-OH is 1. The summed E-state index contributed by atoms with van der Waals surface area (Å²) in [6.45, 7) is 2.24. The first kappa shape index (κ1) is 12.9. The number of hydrogen-bond donors (Lipinski definition) is 3. The molecule has 1 aromatic rings. The topological polar surface area (TPSA) is 78.6 Å². The van der Waals surface area contributed by atoms with Crippen LogP contribution in [0.2, 0.25) is 0 Å². The lowest BCUT2D eigenvalue weighted by atomic mass is 10.2. The average molecular weight is 249 g/mol. The molecule has 0 bridgehead atoms. The van der Waals surface area contributed by atoms with E-state index in [0.717, 1.165) is 18.7 Å². The maximum absolute atomic E-state index is 11.7. The molecule has 0 aliphatic carbocycles. The van der Waals surface area contributed by atoms with E-state index in [2.05, 4.69) is 10.2 Å². The minimum absolute atomic E-state index is 0.0128. The first-order valence-corrected chi connectivity index (χ1v) is 6.19. The van der Waals surface area contributed by atoms with E-state index in [1.807, 2.05) is 0 Å². The number of hydrogen-bond acceptors (Lipinski definition) is 4. The molecule has 5 heteroatoms. The average Bonchev–Trinajstić information content (AvgIpc) is 2.76. The summed E-state index contributed by atoms with van der Waals surface area (Å²) in [5.74, 6) is -0.0128. The molecule has 1 atom stereocenters. The van der Waals surface area contributed by atoms with Crippen molar-refractivity contribution in [1.82, 2.24) is 4.90 Å². The van der Waals surface area contributed by atoms with Crippen LogP contribution in [0.1, 0.15) is 12.8 Å². The Labute approximate surface area is 107 Å². The molecule has 1 saturated heterocycles. The number of amides is 1. The van der Waals surface area contributed by atoms with Crippen LogP contribution in [0, 0.1) is 0 Å². The van der Waals surface area contributed by atoms with Gasteiger partial charge in [0.15, 0.2) is 0 Å². The zero-order valence-electron chi connectivity index (χ0n) is 10.3. The van der Waals surface area contributed by atoms with E-state index in [1.165, 1.54) is 0 Å². The third-order valence-electron chi connectivity index (χ3n) is 3.10. The quantitative estimate of drug-likeness (QED) is 0.685.